The molecule has 3 fully saturated rings. The van der Waals surface area contributed by atoms with Crippen molar-refractivity contribution in [2.75, 3.05) is 30.4 Å². The first-order valence-corrected chi connectivity index (χ1v) is 14.4. The quantitative estimate of drug-likeness (QED) is 0.500. The van der Waals surface area contributed by atoms with Gasteiger partial charge in [0.1, 0.15) is 10.6 Å². The van der Waals surface area contributed by atoms with Gasteiger partial charge in [-0.3, -0.25) is 5.10 Å². The van der Waals surface area contributed by atoms with Gasteiger partial charge in [-0.15, -0.1) is 11.3 Å². The number of thiophene rings is 1. The van der Waals surface area contributed by atoms with E-state index in [9.17, 15) is 8.42 Å². The molecule has 0 unspecified atom stereocenters. The number of hydrogen-bond donors (Lipinski definition) is 2. The minimum Gasteiger partial charge on any atom is -0.341 e. The summed E-state index contributed by atoms with van der Waals surface area (Å²) in [5.74, 6) is 1.85. The highest BCUT2D eigenvalue weighted by atomic mass is 32.2. The second-order valence-corrected chi connectivity index (χ2v) is 13.2. The second kappa shape index (κ2) is 8.65. The number of piperidine rings is 1. The topological polar surface area (TPSA) is 134 Å². The summed E-state index contributed by atoms with van der Waals surface area (Å²) in [5, 5.41) is 20.6. The second-order valence-electron chi connectivity index (χ2n) is 10.1. The third-order valence-corrected chi connectivity index (χ3v) is 10.6. The van der Waals surface area contributed by atoms with Crippen LogP contribution in [0.25, 0.3) is 10.2 Å². The number of nitrogens with one attached hydrogen (secondary N) is 2. The first-order chi connectivity index (χ1) is 17.2. The summed E-state index contributed by atoms with van der Waals surface area (Å²) in [7, 11) is -1.53. The van der Waals surface area contributed by atoms with Crippen LogP contribution in [-0.4, -0.2) is 75.5 Å². The summed E-state index contributed by atoms with van der Waals surface area (Å²) in [6, 6.07) is 6.23. The van der Waals surface area contributed by atoms with Crippen LogP contribution in [-0.2, 0) is 10.2 Å². The van der Waals surface area contributed by atoms with Gasteiger partial charge in [-0.1, -0.05) is 0 Å². The molecule has 3 aromatic heterocycles. The van der Waals surface area contributed by atoms with Crippen molar-refractivity contribution in [3.05, 3.63) is 22.7 Å². The van der Waals surface area contributed by atoms with E-state index in [1.807, 2.05) is 20.0 Å². The molecule has 0 aliphatic carbocycles. The number of H-pyrrole nitrogens is 1. The minimum absolute atomic E-state index is 0.0420. The van der Waals surface area contributed by atoms with E-state index in [-0.39, 0.29) is 24.0 Å². The van der Waals surface area contributed by atoms with Gasteiger partial charge >= 0.3 is 0 Å². The molecule has 11 nitrogen and oxygen atoms in total. The lowest BCUT2D eigenvalue weighted by Gasteiger charge is -2.45. The molecular formula is C23H29N9O2S2. The van der Waals surface area contributed by atoms with Gasteiger partial charge < -0.3 is 10.2 Å². The highest BCUT2D eigenvalue weighted by molar-refractivity contribution is 7.86. The van der Waals surface area contributed by atoms with Crippen molar-refractivity contribution in [1.29, 1.82) is 5.26 Å². The van der Waals surface area contributed by atoms with Crippen LogP contribution in [0.15, 0.2) is 12.1 Å². The Morgan fingerprint density at radius 3 is 2.56 bits per heavy atom. The zero-order valence-corrected chi connectivity index (χ0v) is 22.1. The van der Waals surface area contributed by atoms with Crippen LogP contribution in [0.1, 0.15) is 36.3 Å². The number of nitriles is 1. The van der Waals surface area contributed by atoms with Gasteiger partial charge in [-0.2, -0.15) is 32.4 Å². The Balaban J connectivity index is 1.24. The van der Waals surface area contributed by atoms with E-state index in [4.69, 9.17) is 15.2 Å². The molecule has 0 spiro atoms. The van der Waals surface area contributed by atoms with E-state index in [1.165, 1.54) is 4.31 Å². The summed E-state index contributed by atoms with van der Waals surface area (Å²) in [5.41, 5.74) is 0.959. The fraction of sp³-hybridized carbons (Fsp3) is 0.565. The van der Waals surface area contributed by atoms with Crippen LogP contribution in [0.2, 0.25) is 0 Å². The molecular weight excluding hydrogens is 498 g/mol. The molecule has 0 radical (unpaired) electrons. The number of aryl methyl sites for hydroxylation is 2. The molecule has 0 aromatic carbocycles. The van der Waals surface area contributed by atoms with Crippen molar-refractivity contribution in [3.63, 3.8) is 0 Å². The highest BCUT2D eigenvalue weighted by Crippen LogP contribution is 2.42. The molecule has 0 saturated carbocycles. The van der Waals surface area contributed by atoms with E-state index < -0.39 is 10.2 Å². The van der Waals surface area contributed by atoms with E-state index in [1.54, 1.807) is 15.6 Å². The molecule has 13 heteroatoms. The molecule has 0 amide bonds. The Morgan fingerprint density at radius 1 is 1.19 bits per heavy atom. The van der Waals surface area contributed by atoms with E-state index >= 15 is 0 Å². The lowest BCUT2D eigenvalue weighted by atomic mass is 9.99. The fourth-order valence-corrected chi connectivity index (χ4v) is 8.70. The lowest BCUT2D eigenvalue weighted by molar-refractivity contribution is 0.177. The molecule has 6 heterocycles. The first kappa shape index (κ1) is 23.6. The Kier molecular flexibility index (Phi) is 5.67. The van der Waals surface area contributed by atoms with Crippen LogP contribution < -0.4 is 10.2 Å². The summed E-state index contributed by atoms with van der Waals surface area (Å²) in [6.07, 6.45) is 3.18. The highest BCUT2D eigenvalue weighted by Gasteiger charge is 2.51. The average molecular weight is 528 g/mol. The predicted molar refractivity (Wildman–Crippen MR) is 138 cm³/mol. The number of nitrogens with zero attached hydrogens (tertiary/aromatic N) is 7. The molecule has 3 saturated heterocycles. The Morgan fingerprint density at radius 2 is 1.92 bits per heavy atom. The van der Waals surface area contributed by atoms with Crippen molar-refractivity contribution in [2.24, 2.45) is 5.92 Å². The van der Waals surface area contributed by atoms with E-state index in [2.05, 4.69) is 39.5 Å². The van der Waals surface area contributed by atoms with Crippen LogP contribution in [0.5, 0.6) is 0 Å². The maximum atomic E-state index is 13.3. The largest absolute Gasteiger partial charge is 0.341 e. The maximum Gasteiger partial charge on any atom is 0.282 e. The summed E-state index contributed by atoms with van der Waals surface area (Å²) in [4.78, 5) is 13.9. The zero-order chi connectivity index (χ0) is 25.2. The number of aromatic amines is 1. The molecule has 3 atom stereocenters. The van der Waals surface area contributed by atoms with Gasteiger partial charge in [0.05, 0.1) is 17.4 Å². The van der Waals surface area contributed by atoms with Gasteiger partial charge in [0.15, 0.2) is 5.82 Å². The lowest BCUT2D eigenvalue weighted by Crippen LogP contribution is -2.60. The molecule has 2 N–H and O–H groups in total. The number of rotatable bonds is 6. The number of anilines is 3. The van der Waals surface area contributed by atoms with Crippen molar-refractivity contribution in [3.8, 4) is 6.07 Å². The molecule has 36 heavy (non-hydrogen) atoms. The standard InChI is InChI=1S/C23H29N9O2S2/c1-13-6-20(29-28-13)25-21-19-7-14(2)35-22(19)27-23(26-21)30(3)18-8-16-4-5-17(9-18)32(16)36(33,34)31-11-15(10-24)12-31/h6-7,15-18H,4-5,8-9,11-12H2,1-3H3,(H2,25,26,27,28,29)/t16-,17+,18-. The number of fused-ring (bicyclic) bond motifs is 3. The van der Waals surface area contributed by atoms with Crippen molar-refractivity contribution < 1.29 is 8.42 Å². The molecule has 2 bridgehead atoms. The third kappa shape index (κ3) is 3.92. The summed E-state index contributed by atoms with van der Waals surface area (Å²) < 4.78 is 29.8. The van der Waals surface area contributed by atoms with Gasteiger partial charge in [0.2, 0.25) is 5.95 Å². The van der Waals surface area contributed by atoms with Crippen LogP contribution in [0.4, 0.5) is 17.6 Å². The van der Waals surface area contributed by atoms with Gasteiger partial charge in [0.25, 0.3) is 10.2 Å². The molecule has 6 rings (SSSR count). The van der Waals surface area contributed by atoms with Crippen molar-refractivity contribution >= 4 is 49.3 Å². The van der Waals surface area contributed by atoms with E-state index in [0.29, 0.717) is 30.7 Å². The number of hydrogen-bond acceptors (Lipinski definition) is 9. The molecule has 3 aliphatic rings. The SMILES string of the molecule is Cc1cc(Nc2nc(N(C)[C@@H]3C[C@H]4CC[C@@H](C3)N4S(=O)(=O)N3CC(C#N)C3)nc3sc(C)cc23)n[nH]1. The van der Waals surface area contributed by atoms with Gasteiger partial charge in [-0.25, -0.2) is 4.98 Å². The molecule has 3 aliphatic heterocycles. The zero-order valence-electron chi connectivity index (χ0n) is 20.5. The van der Waals surface area contributed by atoms with Crippen LogP contribution in [0.3, 0.4) is 0 Å². The van der Waals surface area contributed by atoms with Gasteiger partial charge in [-0.05, 0) is 45.6 Å². The smallest absolute Gasteiger partial charge is 0.282 e. The summed E-state index contributed by atoms with van der Waals surface area (Å²) in [6.45, 7) is 4.62. The normalized spacial score (nSPS) is 25.1. The average Bonchev–Trinajstić information content (AvgIpc) is 3.47. The van der Waals surface area contributed by atoms with Gasteiger partial charge in [0, 0.05) is 54.9 Å². The van der Waals surface area contributed by atoms with Crippen molar-refractivity contribution in [2.45, 2.75) is 57.7 Å². The van der Waals surface area contributed by atoms with Crippen molar-refractivity contribution in [1.82, 2.24) is 28.8 Å². The fourth-order valence-electron chi connectivity index (χ4n) is 5.69. The minimum atomic E-state index is -3.54. The first-order valence-electron chi connectivity index (χ1n) is 12.2. The predicted octanol–water partition coefficient (Wildman–Crippen LogP) is 2.91. The Hall–Kier alpha value is -2.79. The van der Waals surface area contributed by atoms with Crippen LogP contribution in [0, 0.1) is 31.1 Å². The number of aromatic nitrogens is 4. The third-order valence-electron chi connectivity index (χ3n) is 7.58. The Bertz CT molecular complexity index is 1440. The Labute approximate surface area is 214 Å². The van der Waals surface area contributed by atoms with Crippen LogP contribution >= 0.6 is 11.3 Å². The molecule has 3 aromatic rings. The monoisotopic (exact) mass is 527 g/mol. The maximum absolute atomic E-state index is 13.3. The molecule has 190 valence electrons. The van der Waals surface area contributed by atoms with E-state index in [0.717, 1.165) is 46.5 Å². The summed E-state index contributed by atoms with van der Waals surface area (Å²) >= 11 is 1.63.